The summed E-state index contributed by atoms with van der Waals surface area (Å²) in [6, 6.07) is 13.5. The maximum absolute atomic E-state index is 13.2. The molecule has 0 bridgehead atoms. The second-order valence-electron chi connectivity index (χ2n) is 7.17. The van der Waals surface area contributed by atoms with Crippen molar-refractivity contribution in [3.8, 4) is 11.5 Å². The molecule has 2 aromatic rings. The molecule has 0 unspecified atom stereocenters. The molecule has 1 atom stereocenters. The first-order chi connectivity index (χ1) is 13.2. The fourth-order valence-electron chi connectivity index (χ4n) is 4.16. The molecule has 1 fully saturated rings. The summed E-state index contributed by atoms with van der Waals surface area (Å²) in [5.74, 6) is 1.01. The molecule has 27 heavy (non-hydrogen) atoms. The second-order valence-corrected chi connectivity index (χ2v) is 7.17. The van der Waals surface area contributed by atoms with Crippen LogP contribution in [-0.4, -0.2) is 31.7 Å². The van der Waals surface area contributed by atoms with Gasteiger partial charge in [0.05, 0.1) is 5.92 Å². The van der Waals surface area contributed by atoms with E-state index in [1.165, 1.54) is 5.56 Å². The van der Waals surface area contributed by atoms with Crippen LogP contribution in [0.25, 0.3) is 0 Å². The fourth-order valence-corrected chi connectivity index (χ4v) is 4.16. The molecule has 0 radical (unpaired) electrons. The molecule has 3 aliphatic rings. The van der Waals surface area contributed by atoms with E-state index >= 15 is 0 Å². The van der Waals surface area contributed by atoms with Crippen molar-refractivity contribution in [3.63, 3.8) is 0 Å². The van der Waals surface area contributed by atoms with Gasteiger partial charge in [-0.15, -0.1) is 0 Å². The number of hydrogen-bond donors (Lipinski definition) is 0. The van der Waals surface area contributed by atoms with Crippen molar-refractivity contribution in [1.82, 2.24) is 0 Å². The maximum Gasteiger partial charge on any atom is 0.232 e. The number of benzene rings is 2. The summed E-state index contributed by atoms with van der Waals surface area (Å²) >= 11 is 0. The van der Waals surface area contributed by atoms with E-state index in [1.807, 2.05) is 35.2 Å². The summed E-state index contributed by atoms with van der Waals surface area (Å²) in [6.45, 7) is 1.31. The highest BCUT2D eigenvalue weighted by molar-refractivity contribution is 6.05. The zero-order chi connectivity index (χ0) is 18.4. The van der Waals surface area contributed by atoms with Gasteiger partial charge in [0.1, 0.15) is 0 Å². The number of fused-ring (bicyclic) bond motifs is 2. The minimum atomic E-state index is -0.325. The largest absolute Gasteiger partial charge is 0.454 e. The lowest BCUT2D eigenvalue weighted by molar-refractivity contribution is -0.124. The molecule has 3 heterocycles. The van der Waals surface area contributed by atoms with Crippen LogP contribution in [0, 0.1) is 5.92 Å². The molecule has 2 amide bonds. The van der Waals surface area contributed by atoms with Gasteiger partial charge in [0.2, 0.25) is 18.6 Å². The number of para-hydroxylation sites is 1. The average Bonchev–Trinajstić information content (AvgIpc) is 3.32. The van der Waals surface area contributed by atoms with Crippen molar-refractivity contribution in [2.45, 2.75) is 19.3 Å². The lowest BCUT2D eigenvalue weighted by atomic mass is 9.99. The zero-order valence-electron chi connectivity index (χ0n) is 14.9. The number of rotatable bonds is 2. The van der Waals surface area contributed by atoms with Gasteiger partial charge in [0, 0.05) is 37.0 Å². The molecule has 138 valence electrons. The topological polar surface area (TPSA) is 59.1 Å². The maximum atomic E-state index is 13.2. The average molecular weight is 364 g/mol. The van der Waals surface area contributed by atoms with Gasteiger partial charge in [-0.2, -0.15) is 0 Å². The zero-order valence-corrected chi connectivity index (χ0v) is 14.9. The smallest absolute Gasteiger partial charge is 0.232 e. The van der Waals surface area contributed by atoms with Crippen LogP contribution >= 0.6 is 0 Å². The van der Waals surface area contributed by atoms with E-state index in [0.717, 1.165) is 24.2 Å². The van der Waals surface area contributed by atoms with Crippen LogP contribution in [0.5, 0.6) is 11.5 Å². The van der Waals surface area contributed by atoms with E-state index in [-0.39, 0.29) is 30.9 Å². The molecule has 6 nitrogen and oxygen atoms in total. The summed E-state index contributed by atoms with van der Waals surface area (Å²) in [5.41, 5.74) is 2.94. The molecule has 2 aromatic carbocycles. The van der Waals surface area contributed by atoms with Gasteiger partial charge in [-0.25, -0.2) is 0 Å². The van der Waals surface area contributed by atoms with E-state index in [0.29, 0.717) is 24.6 Å². The quantitative estimate of drug-likeness (QED) is 0.822. The van der Waals surface area contributed by atoms with Gasteiger partial charge in [-0.05, 0) is 36.6 Å². The Bertz CT molecular complexity index is 926. The van der Waals surface area contributed by atoms with Crippen LogP contribution in [0.4, 0.5) is 11.4 Å². The predicted octanol–water partition coefficient (Wildman–Crippen LogP) is 2.75. The number of ether oxygens (including phenoxy) is 2. The molecule has 0 N–H and O–H groups in total. The summed E-state index contributed by atoms with van der Waals surface area (Å²) in [5, 5.41) is 0. The molecule has 5 rings (SSSR count). The van der Waals surface area contributed by atoms with E-state index in [9.17, 15) is 9.59 Å². The third-order valence-electron chi connectivity index (χ3n) is 5.52. The van der Waals surface area contributed by atoms with Gasteiger partial charge in [0.25, 0.3) is 0 Å². The Labute approximate surface area is 157 Å². The highest BCUT2D eigenvalue weighted by Gasteiger charge is 2.38. The van der Waals surface area contributed by atoms with Crippen molar-refractivity contribution in [2.24, 2.45) is 5.92 Å². The van der Waals surface area contributed by atoms with Gasteiger partial charge in [0.15, 0.2) is 11.5 Å². The van der Waals surface area contributed by atoms with Gasteiger partial charge in [-0.3, -0.25) is 9.59 Å². The fraction of sp³-hybridized carbons (Fsp3) is 0.333. The van der Waals surface area contributed by atoms with Crippen molar-refractivity contribution in [1.29, 1.82) is 0 Å². The van der Waals surface area contributed by atoms with Crippen LogP contribution in [0.2, 0.25) is 0 Å². The first-order valence-corrected chi connectivity index (χ1v) is 9.30. The lowest BCUT2D eigenvalue weighted by Gasteiger charge is -2.31. The molecule has 3 aliphatic heterocycles. The van der Waals surface area contributed by atoms with Crippen LogP contribution in [0.15, 0.2) is 42.5 Å². The summed E-state index contributed by atoms with van der Waals surface area (Å²) in [4.78, 5) is 29.3. The summed E-state index contributed by atoms with van der Waals surface area (Å²) < 4.78 is 10.7. The third-order valence-corrected chi connectivity index (χ3v) is 5.52. The van der Waals surface area contributed by atoms with Crippen molar-refractivity contribution in [2.75, 3.05) is 29.7 Å². The van der Waals surface area contributed by atoms with Crippen LogP contribution in [0.3, 0.4) is 0 Å². The van der Waals surface area contributed by atoms with Crippen LogP contribution in [-0.2, 0) is 16.0 Å². The van der Waals surface area contributed by atoms with E-state index < -0.39 is 0 Å². The Balaban J connectivity index is 1.37. The molecule has 0 spiro atoms. The molecule has 6 heteroatoms. The first kappa shape index (κ1) is 16.2. The Morgan fingerprint density at radius 2 is 1.93 bits per heavy atom. The summed E-state index contributed by atoms with van der Waals surface area (Å²) in [7, 11) is 0. The minimum Gasteiger partial charge on any atom is -0.454 e. The molecule has 0 aromatic heterocycles. The number of carbonyl (C=O) groups excluding carboxylic acids is 2. The SMILES string of the molecule is O=C1C[C@H](C(=O)N2CCCc3ccccc32)CN1c1ccc2c(c1)OCO2. The minimum absolute atomic E-state index is 0.0301. The number of nitrogens with zero attached hydrogens (tertiary/aromatic N) is 2. The Hall–Kier alpha value is -3.02. The van der Waals surface area contributed by atoms with Gasteiger partial charge in [-0.1, -0.05) is 18.2 Å². The van der Waals surface area contributed by atoms with Crippen molar-refractivity contribution in [3.05, 3.63) is 48.0 Å². The monoisotopic (exact) mass is 364 g/mol. The number of hydrogen-bond acceptors (Lipinski definition) is 4. The molecule has 0 aliphatic carbocycles. The van der Waals surface area contributed by atoms with E-state index in [2.05, 4.69) is 6.07 Å². The van der Waals surface area contributed by atoms with Crippen molar-refractivity contribution < 1.29 is 19.1 Å². The second kappa shape index (κ2) is 6.30. The number of amides is 2. The highest BCUT2D eigenvalue weighted by Crippen LogP contribution is 2.38. The van der Waals surface area contributed by atoms with Crippen molar-refractivity contribution >= 4 is 23.2 Å². The van der Waals surface area contributed by atoms with E-state index in [4.69, 9.17) is 9.47 Å². The van der Waals surface area contributed by atoms with Crippen LogP contribution < -0.4 is 19.3 Å². The van der Waals surface area contributed by atoms with E-state index in [1.54, 1.807) is 11.0 Å². The number of anilines is 2. The predicted molar refractivity (Wildman–Crippen MR) is 100 cm³/mol. The van der Waals surface area contributed by atoms with Crippen LogP contribution in [0.1, 0.15) is 18.4 Å². The standard InChI is InChI=1S/C21H20N2O4/c24-20-10-15(12-23(20)16-7-8-18-19(11-16)27-13-26-18)21(25)22-9-3-5-14-4-1-2-6-17(14)22/h1-2,4,6-8,11,15H,3,5,9-10,12-13H2/t15-/m0/s1. The molecular formula is C21H20N2O4. The molecular weight excluding hydrogens is 344 g/mol. The molecule has 1 saturated heterocycles. The van der Waals surface area contributed by atoms with Gasteiger partial charge < -0.3 is 19.3 Å². The number of carbonyl (C=O) groups is 2. The highest BCUT2D eigenvalue weighted by atomic mass is 16.7. The number of aryl methyl sites for hydroxylation is 1. The Kier molecular flexibility index (Phi) is 3.77. The molecule has 0 saturated carbocycles. The first-order valence-electron chi connectivity index (χ1n) is 9.30. The van der Waals surface area contributed by atoms with Gasteiger partial charge >= 0.3 is 0 Å². The Morgan fingerprint density at radius 1 is 1.07 bits per heavy atom. The lowest BCUT2D eigenvalue weighted by Crippen LogP contribution is -2.40. The summed E-state index contributed by atoms with van der Waals surface area (Å²) in [6.07, 6.45) is 2.19. The Morgan fingerprint density at radius 3 is 2.85 bits per heavy atom. The normalized spacial score (nSPS) is 20.7. The third kappa shape index (κ3) is 2.72.